The maximum atomic E-state index is 12.9. The van der Waals surface area contributed by atoms with Crippen molar-refractivity contribution >= 4 is 35.5 Å². The molecular weight excluding hydrogens is 458 g/mol. The van der Waals surface area contributed by atoms with Crippen LogP contribution in [0.5, 0.6) is 0 Å². The molecule has 1 atom stereocenters. The Morgan fingerprint density at radius 2 is 1.80 bits per heavy atom. The number of nitrogens with one attached hydrogen (secondary N) is 3. The van der Waals surface area contributed by atoms with E-state index in [2.05, 4.69) is 66.2 Å². The quantitative estimate of drug-likeness (QED) is 0.303. The van der Waals surface area contributed by atoms with Gasteiger partial charge in [-0.25, -0.2) is 9.78 Å². The van der Waals surface area contributed by atoms with E-state index in [1.165, 1.54) is 27.8 Å². The molecule has 0 unspecified atom stereocenters. The minimum atomic E-state index is -0.198. The molecule has 2 aromatic carbocycles. The number of urea groups is 1. The van der Waals surface area contributed by atoms with E-state index < -0.39 is 0 Å². The van der Waals surface area contributed by atoms with Crippen LogP contribution in [0.3, 0.4) is 0 Å². The van der Waals surface area contributed by atoms with E-state index in [0.717, 1.165) is 41.3 Å². The molecule has 0 fully saturated rings. The summed E-state index contributed by atoms with van der Waals surface area (Å²) in [6, 6.07) is 16.5. The first-order valence-electron chi connectivity index (χ1n) is 11.8. The Balaban J connectivity index is 0.00000289. The van der Waals surface area contributed by atoms with Gasteiger partial charge in [-0.05, 0) is 74.4 Å². The van der Waals surface area contributed by atoms with Gasteiger partial charge < -0.3 is 20.4 Å². The van der Waals surface area contributed by atoms with Gasteiger partial charge in [-0.3, -0.25) is 0 Å². The summed E-state index contributed by atoms with van der Waals surface area (Å²) in [6.07, 6.45) is 3.86. The first-order valence-corrected chi connectivity index (χ1v) is 11.8. The number of nitrogens with zero attached hydrogens (tertiary/aromatic N) is 2. The fourth-order valence-electron chi connectivity index (χ4n) is 4.91. The number of amides is 2. The molecule has 2 amide bonds. The Morgan fingerprint density at radius 1 is 1.06 bits per heavy atom. The Hall–Kier alpha value is -3.51. The van der Waals surface area contributed by atoms with Gasteiger partial charge in [0.25, 0.3) is 0 Å². The van der Waals surface area contributed by atoms with Crippen LogP contribution in [0.1, 0.15) is 51.7 Å². The molecule has 0 saturated carbocycles. The smallest absolute Gasteiger partial charge is 0.319 e. The number of imidazole rings is 1. The zero-order valence-corrected chi connectivity index (χ0v) is 21.4. The number of hydrogen-bond acceptors (Lipinski definition) is 3. The minimum Gasteiger partial charge on any atom is -0.378 e. The fourth-order valence-corrected chi connectivity index (χ4v) is 4.91. The van der Waals surface area contributed by atoms with Crippen LogP contribution in [0.4, 0.5) is 16.2 Å². The molecule has 1 aliphatic rings. The van der Waals surface area contributed by atoms with Crippen molar-refractivity contribution in [2.24, 2.45) is 0 Å². The number of halogens is 1. The van der Waals surface area contributed by atoms with Crippen LogP contribution in [0.2, 0.25) is 0 Å². The molecule has 3 N–H and O–H groups in total. The molecule has 4 aromatic rings. The average Bonchev–Trinajstić information content (AvgIpc) is 3.34. The summed E-state index contributed by atoms with van der Waals surface area (Å²) in [5.41, 5.74) is 10.8. The van der Waals surface area contributed by atoms with Gasteiger partial charge in [0.2, 0.25) is 0 Å². The van der Waals surface area contributed by atoms with E-state index in [9.17, 15) is 4.79 Å². The number of anilines is 2. The molecule has 0 aliphatic heterocycles. The number of benzene rings is 2. The highest BCUT2D eigenvalue weighted by Gasteiger charge is 2.23. The molecule has 7 heteroatoms. The van der Waals surface area contributed by atoms with E-state index in [4.69, 9.17) is 4.98 Å². The van der Waals surface area contributed by atoms with Gasteiger partial charge in [-0.15, -0.1) is 12.4 Å². The van der Waals surface area contributed by atoms with Crippen molar-refractivity contribution in [2.45, 2.75) is 53.1 Å². The Morgan fingerprint density at radius 3 is 2.57 bits per heavy atom. The van der Waals surface area contributed by atoms with Gasteiger partial charge in [0.05, 0.1) is 23.1 Å². The van der Waals surface area contributed by atoms with Crippen molar-refractivity contribution in [1.29, 1.82) is 0 Å². The average molecular weight is 490 g/mol. The second kappa shape index (κ2) is 10.0. The lowest BCUT2D eigenvalue weighted by Crippen LogP contribution is -2.31. The fraction of sp³-hybridized carbons (Fsp3) is 0.286. The highest BCUT2D eigenvalue weighted by atomic mass is 35.5. The van der Waals surface area contributed by atoms with Crippen molar-refractivity contribution in [2.75, 3.05) is 10.6 Å². The van der Waals surface area contributed by atoms with Gasteiger partial charge in [0.15, 0.2) is 5.65 Å². The second-order valence-corrected chi connectivity index (χ2v) is 9.23. The number of hydrogen-bond donors (Lipinski definition) is 3. The molecule has 1 aliphatic carbocycles. The van der Waals surface area contributed by atoms with Gasteiger partial charge in [-0.2, -0.15) is 0 Å². The van der Waals surface area contributed by atoms with E-state index >= 15 is 0 Å². The van der Waals surface area contributed by atoms with Gasteiger partial charge in [0.1, 0.15) is 0 Å². The lowest BCUT2D eigenvalue weighted by molar-refractivity contribution is 0.248. The van der Waals surface area contributed by atoms with Gasteiger partial charge in [0, 0.05) is 18.4 Å². The van der Waals surface area contributed by atoms with Crippen LogP contribution < -0.4 is 16.0 Å². The van der Waals surface area contributed by atoms with Crippen LogP contribution in [0, 0.1) is 27.7 Å². The Bertz CT molecular complexity index is 1370. The molecule has 2 aromatic heterocycles. The predicted octanol–water partition coefficient (Wildman–Crippen LogP) is 6.41. The van der Waals surface area contributed by atoms with Crippen LogP contribution in [0.15, 0.2) is 54.7 Å². The molecule has 2 heterocycles. The number of aryl methyl sites for hydroxylation is 5. The zero-order valence-electron chi connectivity index (χ0n) is 20.6. The van der Waals surface area contributed by atoms with Crippen molar-refractivity contribution in [3.05, 3.63) is 93.9 Å². The van der Waals surface area contributed by atoms with E-state index in [0.29, 0.717) is 6.54 Å². The standard InChI is InChI=1S/C28H31N5O.ClH/c1-17-8-7-9-18(2)24(17)15-29-26-14-22(16-33-20(4)19(3)30-27(26)33)31-28(34)32-25-13-12-21-10-5-6-11-23(21)25;/h5-11,14,16,25,29H,12-13,15H2,1-4H3,(H2,31,32,34);1H/t25-;/m0./s1. The number of fused-ring (bicyclic) bond motifs is 2. The summed E-state index contributed by atoms with van der Waals surface area (Å²) in [6.45, 7) is 9.01. The van der Waals surface area contributed by atoms with Crippen LogP contribution in [-0.2, 0) is 13.0 Å². The first kappa shape index (κ1) is 24.6. The summed E-state index contributed by atoms with van der Waals surface area (Å²) in [4.78, 5) is 17.7. The van der Waals surface area contributed by atoms with Crippen molar-refractivity contribution in [3.63, 3.8) is 0 Å². The van der Waals surface area contributed by atoms with Crippen LogP contribution in [0.25, 0.3) is 5.65 Å². The third-order valence-electron chi connectivity index (χ3n) is 6.99. The summed E-state index contributed by atoms with van der Waals surface area (Å²) in [7, 11) is 0. The minimum absolute atomic E-state index is 0. The first-order chi connectivity index (χ1) is 16.4. The van der Waals surface area contributed by atoms with Crippen molar-refractivity contribution in [1.82, 2.24) is 14.7 Å². The topological polar surface area (TPSA) is 70.5 Å². The predicted molar refractivity (Wildman–Crippen MR) is 145 cm³/mol. The SMILES string of the molecule is Cc1cccc(C)c1CNc1cc(NC(=O)N[C@H]2CCc3ccccc32)cn2c(C)c(C)nc12.Cl. The number of pyridine rings is 1. The highest BCUT2D eigenvalue weighted by molar-refractivity contribution is 5.91. The number of aromatic nitrogens is 2. The molecule has 35 heavy (non-hydrogen) atoms. The third kappa shape index (κ3) is 4.84. The van der Waals surface area contributed by atoms with Gasteiger partial charge >= 0.3 is 6.03 Å². The van der Waals surface area contributed by atoms with Gasteiger partial charge in [-0.1, -0.05) is 42.5 Å². The number of carbonyl (C=O) groups is 1. The van der Waals surface area contributed by atoms with E-state index in [1.54, 1.807) is 0 Å². The molecule has 0 saturated heterocycles. The molecule has 0 radical (unpaired) electrons. The van der Waals surface area contributed by atoms with Crippen molar-refractivity contribution < 1.29 is 4.79 Å². The summed E-state index contributed by atoms with van der Waals surface area (Å²) >= 11 is 0. The van der Waals surface area contributed by atoms with E-state index in [-0.39, 0.29) is 24.5 Å². The van der Waals surface area contributed by atoms with E-state index in [1.807, 2.05) is 36.6 Å². The van der Waals surface area contributed by atoms with Crippen LogP contribution in [-0.4, -0.2) is 15.4 Å². The Labute approximate surface area is 212 Å². The normalized spacial score (nSPS) is 14.3. The maximum absolute atomic E-state index is 12.9. The number of rotatable bonds is 5. The molecule has 182 valence electrons. The Kier molecular flexibility index (Phi) is 7.03. The second-order valence-electron chi connectivity index (χ2n) is 9.23. The zero-order chi connectivity index (χ0) is 23.8. The lowest BCUT2D eigenvalue weighted by Gasteiger charge is -2.17. The third-order valence-corrected chi connectivity index (χ3v) is 6.99. The van der Waals surface area contributed by atoms with Crippen molar-refractivity contribution in [3.8, 4) is 0 Å². The molecule has 0 bridgehead atoms. The summed E-state index contributed by atoms with van der Waals surface area (Å²) < 4.78 is 2.04. The maximum Gasteiger partial charge on any atom is 0.319 e. The molecular formula is C28H32ClN5O. The molecule has 6 nitrogen and oxygen atoms in total. The molecule has 5 rings (SSSR count). The molecule has 0 spiro atoms. The number of carbonyl (C=O) groups excluding carboxylic acids is 1. The summed E-state index contributed by atoms with van der Waals surface area (Å²) in [5.74, 6) is 0. The lowest BCUT2D eigenvalue weighted by atomic mass is 10.0. The van der Waals surface area contributed by atoms with Crippen LogP contribution >= 0.6 is 12.4 Å². The summed E-state index contributed by atoms with van der Waals surface area (Å²) in [5, 5.41) is 9.77. The largest absolute Gasteiger partial charge is 0.378 e. The monoisotopic (exact) mass is 489 g/mol. The highest BCUT2D eigenvalue weighted by Crippen LogP contribution is 2.31.